The average molecular weight is 492 g/mol. The normalized spacial score (nSPS) is 25.3. The molecule has 4 rings (SSSR count). The first kappa shape index (κ1) is 24.3. The number of benzene rings is 1. The first-order valence-electron chi connectivity index (χ1n) is 11.5. The molecule has 1 saturated heterocycles. The zero-order chi connectivity index (χ0) is 24.8. The van der Waals surface area contributed by atoms with Gasteiger partial charge in [0, 0.05) is 41.8 Å². The lowest BCUT2D eigenvalue weighted by molar-refractivity contribution is -0.136. The van der Waals surface area contributed by atoms with Crippen molar-refractivity contribution in [2.24, 2.45) is 16.6 Å². The van der Waals surface area contributed by atoms with Gasteiger partial charge in [0.05, 0.1) is 17.9 Å². The van der Waals surface area contributed by atoms with Gasteiger partial charge in [0.25, 0.3) is 5.91 Å². The van der Waals surface area contributed by atoms with E-state index in [9.17, 15) is 14.0 Å². The minimum Gasteiger partial charge on any atom is -0.444 e. The molecule has 1 aromatic rings. The zero-order valence-corrected chi connectivity index (χ0v) is 20.7. The van der Waals surface area contributed by atoms with E-state index in [2.05, 4.69) is 10.3 Å². The van der Waals surface area contributed by atoms with Crippen molar-refractivity contribution in [3.8, 4) is 0 Å². The number of aliphatic imine (C=N–C) groups is 1. The van der Waals surface area contributed by atoms with Crippen molar-refractivity contribution < 1.29 is 18.7 Å². The molecular weight excluding hydrogens is 461 g/mol. The number of halogens is 2. The molecule has 3 aliphatic rings. The number of hydrogen-bond donors (Lipinski definition) is 2. The zero-order valence-electron chi connectivity index (χ0n) is 19.9. The highest BCUT2D eigenvalue weighted by atomic mass is 35.5. The summed E-state index contributed by atoms with van der Waals surface area (Å²) >= 11 is 5.96. The number of fused-ring (bicyclic) bond motifs is 1. The Morgan fingerprint density at radius 1 is 1.29 bits per heavy atom. The van der Waals surface area contributed by atoms with E-state index in [1.54, 1.807) is 23.2 Å². The Morgan fingerprint density at radius 2 is 1.97 bits per heavy atom. The summed E-state index contributed by atoms with van der Waals surface area (Å²) in [5.41, 5.74) is 5.58. The first-order valence-corrected chi connectivity index (χ1v) is 11.9. The van der Waals surface area contributed by atoms with Gasteiger partial charge in [-0.15, -0.1) is 0 Å². The largest absolute Gasteiger partial charge is 0.444 e. The van der Waals surface area contributed by atoms with Crippen LogP contribution in [0, 0.1) is 11.7 Å². The number of ether oxygens (including phenoxy) is 1. The number of carbonyl (C=O) groups is 2. The molecule has 3 heterocycles. The second kappa shape index (κ2) is 8.76. The average Bonchev–Trinajstić information content (AvgIpc) is 3.10. The summed E-state index contributed by atoms with van der Waals surface area (Å²) in [5, 5.41) is 3.61. The van der Waals surface area contributed by atoms with Gasteiger partial charge in [0.15, 0.2) is 5.66 Å². The van der Waals surface area contributed by atoms with Crippen molar-refractivity contribution in [1.82, 2.24) is 15.1 Å². The highest BCUT2D eigenvalue weighted by Crippen LogP contribution is 2.44. The second-order valence-electron chi connectivity index (χ2n) is 10.1. The summed E-state index contributed by atoms with van der Waals surface area (Å²) in [6.07, 6.45) is 2.34. The summed E-state index contributed by atoms with van der Waals surface area (Å²) < 4.78 is 20.4. The Hall–Kier alpha value is -2.81. The van der Waals surface area contributed by atoms with Crippen LogP contribution in [0.15, 0.2) is 28.9 Å². The Balaban J connectivity index is 1.67. The quantitative estimate of drug-likeness (QED) is 0.675. The molecule has 0 radical (unpaired) electrons. The Morgan fingerprint density at radius 3 is 2.56 bits per heavy atom. The molecule has 34 heavy (non-hydrogen) atoms. The molecule has 2 atom stereocenters. The van der Waals surface area contributed by atoms with Crippen molar-refractivity contribution in [3.63, 3.8) is 0 Å². The van der Waals surface area contributed by atoms with Crippen LogP contribution < -0.4 is 11.1 Å². The van der Waals surface area contributed by atoms with Gasteiger partial charge in [-0.3, -0.25) is 9.79 Å². The highest BCUT2D eigenvalue weighted by molar-refractivity contribution is 6.30. The third-order valence-corrected chi connectivity index (χ3v) is 6.78. The minimum atomic E-state index is -1.28. The van der Waals surface area contributed by atoms with E-state index in [-0.39, 0.29) is 23.1 Å². The number of hydrogen-bond acceptors (Lipinski definition) is 6. The van der Waals surface area contributed by atoms with E-state index < -0.39 is 23.0 Å². The number of likely N-dealkylation sites (tertiary alicyclic amines) is 1. The number of nitrogens with zero attached hydrogens (tertiary/aromatic N) is 3. The number of carbonyl (C=O) groups excluding carboxylic acids is 2. The van der Waals surface area contributed by atoms with Gasteiger partial charge in [-0.2, -0.15) is 0 Å². The molecule has 0 aliphatic carbocycles. The van der Waals surface area contributed by atoms with Crippen LogP contribution >= 0.6 is 11.6 Å². The standard InChI is InChI=1S/C24H31ClFN5O3/c1-14-12-28-13-19-20(17-6-5-16(25)11-18(17)26)29-24(21(27)32,31(14)19)15-7-9-30(10-8-15)22(33)34-23(2,3)4/h5-6,11,13-15,29H,7-10,12H2,1-4H3,(H2,27,32). The van der Waals surface area contributed by atoms with Crippen molar-refractivity contribution in [3.05, 3.63) is 40.3 Å². The summed E-state index contributed by atoms with van der Waals surface area (Å²) in [5.74, 6) is -1.28. The number of piperidine rings is 1. The number of nitrogens with one attached hydrogen (secondary N) is 1. The van der Waals surface area contributed by atoms with Crippen LogP contribution in [0.4, 0.5) is 9.18 Å². The lowest BCUT2D eigenvalue weighted by atomic mass is 9.81. The van der Waals surface area contributed by atoms with E-state index in [0.717, 1.165) is 0 Å². The molecule has 184 valence electrons. The first-order chi connectivity index (χ1) is 15.9. The molecule has 10 heteroatoms. The molecule has 3 N–H and O–H groups in total. The van der Waals surface area contributed by atoms with Crippen molar-refractivity contribution in [1.29, 1.82) is 0 Å². The molecule has 8 nitrogen and oxygen atoms in total. The van der Waals surface area contributed by atoms with E-state index in [1.165, 1.54) is 6.07 Å². The van der Waals surface area contributed by atoms with E-state index in [0.29, 0.717) is 49.4 Å². The SMILES string of the molecule is CC1CN=CC2=C(c3ccc(Cl)cc3F)NC(C(N)=O)(C3CCN(C(=O)OC(C)(C)C)CC3)N21. The van der Waals surface area contributed by atoms with Crippen molar-refractivity contribution >= 4 is 35.5 Å². The Kier molecular flexibility index (Phi) is 6.27. The summed E-state index contributed by atoms with van der Waals surface area (Å²) in [7, 11) is 0. The van der Waals surface area contributed by atoms with E-state index >= 15 is 0 Å². The number of primary amides is 1. The third-order valence-electron chi connectivity index (χ3n) is 6.55. The number of nitrogens with two attached hydrogens (primary N) is 1. The highest BCUT2D eigenvalue weighted by Gasteiger charge is 2.57. The molecule has 1 aromatic carbocycles. The fourth-order valence-electron chi connectivity index (χ4n) is 5.09. The van der Waals surface area contributed by atoms with Gasteiger partial charge in [0.2, 0.25) is 0 Å². The monoisotopic (exact) mass is 491 g/mol. The minimum absolute atomic E-state index is 0.142. The van der Waals surface area contributed by atoms with Crippen LogP contribution in [-0.4, -0.2) is 65.0 Å². The Labute approximate surface area is 204 Å². The summed E-state index contributed by atoms with van der Waals surface area (Å²) in [6, 6.07) is 4.29. The maximum Gasteiger partial charge on any atom is 0.410 e. The fourth-order valence-corrected chi connectivity index (χ4v) is 5.25. The van der Waals surface area contributed by atoms with Gasteiger partial charge in [0.1, 0.15) is 11.4 Å². The van der Waals surface area contributed by atoms with Crippen LogP contribution in [0.2, 0.25) is 5.02 Å². The Bertz CT molecular complexity index is 1060. The van der Waals surface area contributed by atoms with Gasteiger partial charge < -0.3 is 25.6 Å². The molecule has 0 saturated carbocycles. The third kappa shape index (κ3) is 4.21. The summed E-state index contributed by atoms with van der Waals surface area (Å²) in [6.45, 7) is 8.77. The molecule has 0 spiro atoms. The fraction of sp³-hybridized carbons (Fsp3) is 0.542. The van der Waals surface area contributed by atoms with E-state index in [1.807, 2.05) is 32.6 Å². The van der Waals surface area contributed by atoms with Crippen LogP contribution in [0.1, 0.15) is 46.1 Å². The van der Waals surface area contributed by atoms with Gasteiger partial charge >= 0.3 is 6.09 Å². The van der Waals surface area contributed by atoms with Crippen LogP contribution in [-0.2, 0) is 9.53 Å². The smallest absolute Gasteiger partial charge is 0.410 e. The number of amides is 2. The molecule has 1 fully saturated rings. The lowest BCUT2D eigenvalue weighted by Crippen LogP contribution is -2.69. The second-order valence-corrected chi connectivity index (χ2v) is 10.5. The maximum absolute atomic E-state index is 14.9. The molecular formula is C24H31ClFN5O3. The molecule has 0 bridgehead atoms. The number of rotatable bonds is 3. The lowest BCUT2D eigenvalue weighted by Gasteiger charge is -2.49. The molecule has 2 unspecified atom stereocenters. The molecule has 2 amide bonds. The maximum atomic E-state index is 14.9. The van der Waals surface area contributed by atoms with Crippen LogP contribution in [0.5, 0.6) is 0 Å². The van der Waals surface area contributed by atoms with Gasteiger partial charge in [-0.05, 0) is 58.7 Å². The predicted molar refractivity (Wildman–Crippen MR) is 129 cm³/mol. The molecule has 0 aromatic heterocycles. The van der Waals surface area contributed by atoms with Crippen molar-refractivity contribution in [2.45, 2.75) is 57.8 Å². The van der Waals surface area contributed by atoms with Crippen molar-refractivity contribution in [2.75, 3.05) is 19.6 Å². The van der Waals surface area contributed by atoms with E-state index in [4.69, 9.17) is 22.1 Å². The van der Waals surface area contributed by atoms with Crippen LogP contribution in [0.3, 0.4) is 0 Å². The molecule has 3 aliphatic heterocycles. The van der Waals surface area contributed by atoms with Crippen LogP contribution in [0.25, 0.3) is 5.70 Å². The topological polar surface area (TPSA) is 100 Å². The van der Waals surface area contributed by atoms with Gasteiger partial charge in [-0.25, -0.2) is 9.18 Å². The summed E-state index contributed by atoms with van der Waals surface area (Å²) in [4.78, 5) is 33.7. The van der Waals surface area contributed by atoms with Gasteiger partial charge in [-0.1, -0.05) is 11.6 Å². The predicted octanol–water partition coefficient (Wildman–Crippen LogP) is 3.35. The number of allylic oxidation sites excluding steroid dienone is 1.